The van der Waals surface area contributed by atoms with Crippen LogP contribution in [0.1, 0.15) is 27.6 Å². The molecule has 5 rings (SSSR count). The number of hydrogen-bond donors (Lipinski definition) is 2. The summed E-state index contributed by atoms with van der Waals surface area (Å²) in [5.74, 6) is -0.242. The van der Waals surface area contributed by atoms with Gasteiger partial charge in [0.05, 0.1) is 12.6 Å². The van der Waals surface area contributed by atoms with Crippen molar-refractivity contribution in [2.45, 2.75) is 6.10 Å². The number of pyridine rings is 1. The first-order chi connectivity index (χ1) is 18.6. The van der Waals surface area contributed by atoms with Crippen LogP contribution in [0.15, 0.2) is 115 Å². The number of esters is 1. The van der Waals surface area contributed by atoms with Crippen LogP contribution in [0.2, 0.25) is 0 Å². The van der Waals surface area contributed by atoms with Gasteiger partial charge in [-0.3, -0.25) is 4.98 Å². The molecule has 7 heteroatoms. The number of rotatable bonds is 7. The van der Waals surface area contributed by atoms with E-state index >= 15 is 0 Å². The van der Waals surface area contributed by atoms with Crippen molar-refractivity contribution in [2.75, 3.05) is 17.7 Å². The van der Waals surface area contributed by atoms with Crippen LogP contribution in [0.5, 0.6) is 5.75 Å². The first-order valence-electron chi connectivity index (χ1n) is 12.0. The number of nitrogens with one attached hydrogen (secondary N) is 2. The number of urea groups is 1. The Bertz CT molecular complexity index is 1530. The van der Waals surface area contributed by atoms with Crippen LogP contribution < -0.4 is 15.4 Å². The lowest BCUT2D eigenvalue weighted by Crippen LogP contribution is -2.20. The zero-order valence-electron chi connectivity index (χ0n) is 20.6. The van der Waals surface area contributed by atoms with Gasteiger partial charge in [-0.2, -0.15) is 0 Å². The van der Waals surface area contributed by atoms with Crippen LogP contribution in [0.4, 0.5) is 16.2 Å². The molecule has 0 aliphatic rings. The topological polar surface area (TPSA) is 89.5 Å². The fourth-order valence-electron chi connectivity index (χ4n) is 4.14. The Balaban J connectivity index is 1.39. The van der Waals surface area contributed by atoms with Crippen LogP contribution in [-0.4, -0.2) is 24.1 Å². The van der Waals surface area contributed by atoms with Crippen molar-refractivity contribution in [2.24, 2.45) is 0 Å². The SMILES string of the molecule is COC(=O)c1cc(NC(=O)Nc2ccc3ncccc3c2)ccc1OC(c1ccccc1)c1ccccc1. The number of amides is 2. The van der Waals surface area contributed by atoms with Crippen molar-refractivity contribution in [3.8, 4) is 5.75 Å². The van der Waals surface area contributed by atoms with Crippen molar-refractivity contribution >= 4 is 34.3 Å². The lowest BCUT2D eigenvalue weighted by Gasteiger charge is -2.22. The quantitative estimate of drug-likeness (QED) is 0.238. The first kappa shape index (κ1) is 24.5. The largest absolute Gasteiger partial charge is 0.480 e. The summed E-state index contributed by atoms with van der Waals surface area (Å²) in [4.78, 5) is 29.7. The van der Waals surface area contributed by atoms with Crippen molar-refractivity contribution < 1.29 is 19.1 Å². The van der Waals surface area contributed by atoms with Crippen LogP contribution >= 0.6 is 0 Å². The van der Waals surface area contributed by atoms with Crippen molar-refractivity contribution in [3.05, 3.63) is 132 Å². The van der Waals surface area contributed by atoms with E-state index in [1.54, 1.807) is 24.4 Å². The van der Waals surface area contributed by atoms with E-state index in [-0.39, 0.29) is 5.56 Å². The maximum absolute atomic E-state index is 12.7. The van der Waals surface area contributed by atoms with Gasteiger partial charge in [0.1, 0.15) is 17.4 Å². The monoisotopic (exact) mass is 503 g/mol. The zero-order valence-corrected chi connectivity index (χ0v) is 20.6. The summed E-state index contributed by atoms with van der Waals surface area (Å²) in [6.07, 6.45) is 1.27. The molecule has 0 saturated heterocycles. The molecule has 38 heavy (non-hydrogen) atoms. The summed E-state index contributed by atoms with van der Waals surface area (Å²) in [7, 11) is 1.30. The highest BCUT2D eigenvalue weighted by Gasteiger charge is 2.21. The predicted molar refractivity (Wildman–Crippen MR) is 148 cm³/mol. The number of hydrogen-bond acceptors (Lipinski definition) is 5. The maximum atomic E-state index is 12.7. The third kappa shape index (κ3) is 5.63. The van der Waals surface area contributed by atoms with Crippen molar-refractivity contribution in [3.63, 3.8) is 0 Å². The minimum Gasteiger partial charge on any atom is -0.480 e. The number of carbonyl (C=O) groups excluding carboxylic acids is 2. The van der Waals surface area contributed by atoms with Gasteiger partial charge in [-0.1, -0.05) is 66.7 Å². The molecule has 1 aromatic heterocycles. The summed E-state index contributed by atoms with van der Waals surface area (Å²) in [5.41, 5.74) is 3.92. The van der Waals surface area contributed by atoms with Crippen LogP contribution in [0.25, 0.3) is 10.9 Å². The molecule has 0 bridgehead atoms. The summed E-state index contributed by atoms with van der Waals surface area (Å²) >= 11 is 0. The Kier molecular flexibility index (Phi) is 7.27. The Morgan fingerprint density at radius 3 is 2.03 bits per heavy atom. The van der Waals surface area contributed by atoms with Crippen LogP contribution in [0.3, 0.4) is 0 Å². The van der Waals surface area contributed by atoms with Gasteiger partial charge in [0.25, 0.3) is 0 Å². The number of fused-ring (bicyclic) bond motifs is 1. The number of benzene rings is 4. The number of methoxy groups -OCH3 is 1. The summed E-state index contributed by atoms with van der Waals surface area (Å²) in [5, 5.41) is 6.49. The fraction of sp³-hybridized carbons (Fsp3) is 0.0645. The van der Waals surface area contributed by atoms with Gasteiger partial charge >= 0.3 is 12.0 Å². The number of carbonyl (C=O) groups is 2. The van der Waals surface area contributed by atoms with Gasteiger partial charge in [-0.25, -0.2) is 9.59 Å². The predicted octanol–water partition coefficient (Wildman–Crippen LogP) is 6.83. The normalized spacial score (nSPS) is 10.7. The summed E-state index contributed by atoms with van der Waals surface area (Å²) in [6.45, 7) is 0. The zero-order chi connectivity index (χ0) is 26.3. The van der Waals surface area contributed by atoms with Crippen LogP contribution in [-0.2, 0) is 4.74 Å². The maximum Gasteiger partial charge on any atom is 0.341 e. The van der Waals surface area contributed by atoms with Gasteiger partial charge in [0, 0.05) is 23.0 Å². The number of anilines is 2. The Morgan fingerprint density at radius 2 is 1.37 bits per heavy atom. The molecular formula is C31H25N3O4. The third-order valence-corrected chi connectivity index (χ3v) is 5.95. The van der Waals surface area contributed by atoms with Gasteiger partial charge in [0.15, 0.2) is 0 Å². The van der Waals surface area contributed by atoms with E-state index in [0.717, 1.165) is 22.0 Å². The molecule has 5 aromatic rings. The minimum atomic E-state index is -0.578. The number of ether oxygens (including phenoxy) is 2. The standard InChI is InChI=1S/C31H25N3O4/c1-37-30(35)26-20-25(34-31(36)33-24-14-16-27-23(19-24)13-8-18-32-27)15-17-28(26)38-29(21-9-4-2-5-10-21)22-11-6-3-7-12-22/h2-20,29H,1H3,(H2,33,34,36). The molecular weight excluding hydrogens is 478 g/mol. The molecule has 0 spiro atoms. The second-order valence-corrected chi connectivity index (χ2v) is 8.51. The first-order valence-corrected chi connectivity index (χ1v) is 12.0. The molecule has 0 fully saturated rings. The Morgan fingerprint density at radius 1 is 0.737 bits per heavy atom. The van der Waals surface area contributed by atoms with E-state index in [4.69, 9.17) is 9.47 Å². The molecule has 0 aliphatic heterocycles. The molecule has 1 heterocycles. The highest BCUT2D eigenvalue weighted by molar-refractivity contribution is 6.02. The molecule has 0 atom stereocenters. The van der Waals surface area contributed by atoms with E-state index in [2.05, 4.69) is 15.6 Å². The molecule has 2 amide bonds. The highest BCUT2D eigenvalue weighted by atomic mass is 16.5. The van der Waals surface area contributed by atoms with Crippen LogP contribution in [0, 0.1) is 0 Å². The summed E-state index contributed by atoms with van der Waals surface area (Å²) < 4.78 is 11.4. The van der Waals surface area contributed by atoms with Crippen molar-refractivity contribution in [1.82, 2.24) is 4.98 Å². The van der Waals surface area contributed by atoms with Gasteiger partial charge in [-0.05, 0) is 53.6 Å². The average Bonchev–Trinajstić information content (AvgIpc) is 2.96. The molecule has 0 radical (unpaired) electrons. The van der Waals surface area contributed by atoms with E-state index < -0.39 is 18.1 Å². The smallest absolute Gasteiger partial charge is 0.341 e. The van der Waals surface area contributed by atoms with Gasteiger partial charge in [0.2, 0.25) is 0 Å². The second kappa shape index (κ2) is 11.3. The minimum absolute atomic E-state index is 0.193. The third-order valence-electron chi connectivity index (χ3n) is 5.95. The highest BCUT2D eigenvalue weighted by Crippen LogP contribution is 2.32. The van der Waals surface area contributed by atoms with E-state index in [0.29, 0.717) is 17.1 Å². The van der Waals surface area contributed by atoms with E-state index in [1.807, 2.05) is 84.9 Å². The summed E-state index contributed by atoms with van der Waals surface area (Å²) in [6, 6.07) is 33.1. The molecule has 4 aromatic carbocycles. The van der Waals surface area contributed by atoms with Crippen molar-refractivity contribution in [1.29, 1.82) is 0 Å². The Labute approximate surface area is 220 Å². The number of nitrogens with zero attached hydrogens (tertiary/aromatic N) is 1. The molecule has 188 valence electrons. The molecule has 7 nitrogen and oxygen atoms in total. The number of aromatic nitrogens is 1. The average molecular weight is 504 g/mol. The van der Waals surface area contributed by atoms with Gasteiger partial charge < -0.3 is 20.1 Å². The molecule has 0 aliphatic carbocycles. The second-order valence-electron chi connectivity index (χ2n) is 8.51. The fourth-order valence-corrected chi connectivity index (χ4v) is 4.14. The molecule has 0 unspecified atom stereocenters. The Hall–Kier alpha value is -5.17. The van der Waals surface area contributed by atoms with Gasteiger partial charge in [-0.15, -0.1) is 0 Å². The molecule has 0 saturated carbocycles. The lowest BCUT2D eigenvalue weighted by molar-refractivity contribution is 0.0594. The van der Waals surface area contributed by atoms with E-state index in [1.165, 1.54) is 13.2 Å². The van der Waals surface area contributed by atoms with E-state index in [9.17, 15) is 9.59 Å². The lowest BCUT2D eigenvalue weighted by atomic mass is 10.0. The molecule has 2 N–H and O–H groups in total.